The van der Waals surface area contributed by atoms with Crippen LogP contribution >= 0.6 is 11.6 Å². The molecule has 4 N–H and O–H groups in total. The molecule has 0 radical (unpaired) electrons. The Morgan fingerprint density at radius 1 is 1.05 bits per heavy atom. The monoisotopic (exact) mass is 794 g/mol. The van der Waals surface area contributed by atoms with E-state index in [1.165, 1.54) is 24.7 Å². The van der Waals surface area contributed by atoms with Gasteiger partial charge in [0.2, 0.25) is 11.8 Å². The van der Waals surface area contributed by atoms with E-state index in [2.05, 4.69) is 20.9 Å². The van der Waals surface area contributed by atoms with Crippen molar-refractivity contribution in [3.8, 4) is 22.9 Å². The summed E-state index contributed by atoms with van der Waals surface area (Å²) < 4.78 is 23.5. The van der Waals surface area contributed by atoms with E-state index in [9.17, 15) is 24.3 Å². The van der Waals surface area contributed by atoms with Crippen LogP contribution in [0.1, 0.15) is 80.1 Å². The Labute approximate surface area is 330 Å². The summed E-state index contributed by atoms with van der Waals surface area (Å²) in [7, 11) is 1.50. The third-order valence-electron chi connectivity index (χ3n) is 11.6. The van der Waals surface area contributed by atoms with Gasteiger partial charge in [0, 0.05) is 23.9 Å². The van der Waals surface area contributed by atoms with E-state index in [-0.39, 0.29) is 36.1 Å². The number of nitrogens with zero attached hydrogens (tertiary/aromatic N) is 3. The van der Waals surface area contributed by atoms with Crippen molar-refractivity contribution >= 4 is 52.4 Å². The first kappa shape index (κ1) is 39.4. The number of fused-ring (bicyclic) bond motifs is 2. The second kappa shape index (κ2) is 14.9. The fourth-order valence-corrected chi connectivity index (χ4v) is 8.61. The number of oxazole rings is 1. The highest BCUT2D eigenvalue weighted by molar-refractivity contribution is 6.36. The maximum atomic E-state index is 14.7. The molecule has 1 aliphatic heterocycles. The van der Waals surface area contributed by atoms with E-state index in [1.807, 2.05) is 41.5 Å². The van der Waals surface area contributed by atoms with Gasteiger partial charge in [0.15, 0.2) is 0 Å². The minimum absolute atomic E-state index is 0.0334. The van der Waals surface area contributed by atoms with Gasteiger partial charge in [0.05, 0.1) is 24.9 Å². The van der Waals surface area contributed by atoms with Gasteiger partial charge in [-0.3, -0.25) is 9.59 Å². The van der Waals surface area contributed by atoms with Gasteiger partial charge in [-0.05, 0) is 74.8 Å². The van der Waals surface area contributed by atoms with Crippen LogP contribution in [0.2, 0.25) is 5.02 Å². The van der Waals surface area contributed by atoms with Crippen molar-refractivity contribution in [2.75, 3.05) is 19.0 Å². The Hall–Kier alpha value is -4.79. The van der Waals surface area contributed by atoms with E-state index in [4.69, 9.17) is 35.2 Å². The number of amides is 3. The average molecular weight is 795 g/mol. The Morgan fingerprint density at radius 2 is 1.79 bits per heavy atom. The number of ether oxygens (including phenoxy) is 3. The number of nitrogens with one attached hydrogen (secondary N) is 3. The van der Waals surface area contributed by atoms with Crippen LogP contribution in [0.25, 0.3) is 22.3 Å². The number of carboxylic acid groups (broad SMARTS) is 1. The summed E-state index contributed by atoms with van der Waals surface area (Å²) in [6.45, 7) is 11.2. The Bertz CT molecular complexity index is 2020. The highest BCUT2D eigenvalue weighted by atomic mass is 35.5. The van der Waals surface area contributed by atoms with Gasteiger partial charge in [-0.25, -0.2) is 14.6 Å². The molecule has 3 saturated carbocycles. The van der Waals surface area contributed by atoms with Crippen LogP contribution in [0.15, 0.2) is 28.9 Å². The summed E-state index contributed by atoms with van der Waals surface area (Å²) in [5.74, 6) is -0.524. The number of anilines is 1. The van der Waals surface area contributed by atoms with Crippen LogP contribution < -0.4 is 25.4 Å². The predicted octanol–water partition coefficient (Wildman–Crippen LogP) is 6.03. The molecule has 0 spiro atoms. The SMILES string of the molecule is CC[C@@H]1C[C@]1(NC(=O)[C@@H]1C[C@@H](Oc2cc(-c3coc(NC(C)C)n3)nc3c(Cl)c(OC)ccc23)CN1C(=O)[C@@H](NC(=O)OC1C[C@@H]2C[C@@H]2C1)C(C)(C)C)C(=O)O. The second-order valence-corrected chi connectivity index (χ2v) is 17.5. The largest absolute Gasteiger partial charge is 0.495 e. The number of hydrogen-bond acceptors (Lipinski definition) is 11. The molecular formula is C40H51ClN6O9. The maximum Gasteiger partial charge on any atom is 0.408 e. The summed E-state index contributed by atoms with van der Waals surface area (Å²) in [5, 5.41) is 19.7. The van der Waals surface area contributed by atoms with Crippen molar-refractivity contribution in [3.63, 3.8) is 0 Å². The third kappa shape index (κ3) is 7.78. The number of pyridine rings is 1. The van der Waals surface area contributed by atoms with Crippen LogP contribution in [0, 0.1) is 23.2 Å². The molecule has 0 bridgehead atoms. The van der Waals surface area contributed by atoms with E-state index in [0.717, 1.165) is 12.8 Å². The molecule has 1 saturated heterocycles. The number of likely N-dealkylation sites (tertiary alicyclic amines) is 1. The Kier molecular flexibility index (Phi) is 10.5. The summed E-state index contributed by atoms with van der Waals surface area (Å²) in [6.07, 6.45) is 3.54. The first-order valence-corrected chi connectivity index (χ1v) is 19.8. The highest BCUT2D eigenvalue weighted by Crippen LogP contribution is 2.52. The summed E-state index contributed by atoms with van der Waals surface area (Å²) in [4.78, 5) is 65.2. The molecule has 16 heteroatoms. The first-order valence-electron chi connectivity index (χ1n) is 19.4. The van der Waals surface area contributed by atoms with Gasteiger partial charge in [-0.15, -0.1) is 0 Å². The lowest BCUT2D eigenvalue weighted by molar-refractivity contribution is -0.146. The number of alkyl carbamates (subject to hydrolysis) is 1. The van der Waals surface area contributed by atoms with Crippen molar-refractivity contribution < 1.29 is 42.9 Å². The van der Waals surface area contributed by atoms with E-state index >= 15 is 0 Å². The number of benzene rings is 1. The fourth-order valence-electron chi connectivity index (χ4n) is 8.32. The number of aromatic nitrogens is 2. The molecule has 15 nitrogen and oxygen atoms in total. The van der Waals surface area contributed by atoms with Gasteiger partial charge in [0.1, 0.15) is 58.3 Å². The minimum atomic E-state index is -1.42. The number of carboxylic acids is 1. The number of aliphatic carboxylic acids is 1. The first-order chi connectivity index (χ1) is 26.5. The number of carbonyl (C=O) groups excluding carboxylic acids is 3. The van der Waals surface area contributed by atoms with E-state index in [1.54, 1.807) is 18.2 Å². The van der Waals surface area contributed by atoms with Crippen molar-refractivity contribution in [2.45, 2.75) is 116 Å². The van der Waals surface area contributed by atoms with Gasteiger partial charge < -0.3 is 44.6 Å². The molecule has 3 amide bonds. The lowest BCUT2D eigenvalue weighted by Crippen LogP contribution is -2.59. The molecule has 8 atom stereocenters. The van der Waals surface area contributed by atoms with Crippen LogP contribution in [0.3, 0.4) is 0 Å². The molecule has 302 valence electrons. The molecular weight excluding hydrogens is 744 g/mol. The molecule has 2 aromatic heterocycles. The summed E-state index contributed by atoms with van der Waals surface area (Å²) in [6, 6.07) is 3.34. The lowest BCUT2D eigenvalue weighted by Gasteiger charge is -2.35. The Balaban J connectivity index is 1.20. The van der Waals surface area contributed by atoms with Crippen molar-refractivity contribution in [1.29, 1.82) is 0 Å². The number of halogens is 1. The topological polar surface area (TPSA) is 194 Å². The zero-order valence-corrected chi connectivity index (χ0v) is 33.6. The fraction of sp³-hybridized carbons (Fsp3) is 0.600. The van der Waals surface area contributed by atoms with Crippen LogP contribution in [-0.2, 0) is 19.1 Å². The van der Waals surface area contributed by atoms with Crippen molar-refractivity contribution in [2.24, 2.45) is 23.2 Å². The van der Waals surface area contributed by atoms with Gasteiger partial charge >= 0.3 is 12.1 Å². The molecule has 7 rings (SSSR count). The molecule has 3 heterocycles. The lowest BCUT2D eigenvalue weighted by atomic mass is 9.85. The predicted molar refractivity (Wildman–Crippen MR) is 206 cm³/mol. The smallest absolute Gasteiger partial charge is 0.408 e. The number of carbonyl (C=O) groups is 4. The van der Waals surface area contributed by atoms with E-state index < -0.39 is 53.0 Å². The number of methoxy groups -OCH3 is 1. The van der Waals surface area contributed by atoms with Crippen LogP contribution in [-0.4, -0.2) is 93.4 Å². The standard InChI is InChI=1S/C40H51ClN6O9/c1-8-22-16-40(22,36(50)51)46-34(48)28-14-24(17-47(28)35(49)33(39(4,5)6)45-38(52)56-23-12-20-11-21(20)13-23)55-30-15-26(27-18-54-37(44-27)42-19(2)3)43-32-25(30)9-10-29(53-7)31(32)41/h9-10,15,18-24,28,33H,8,11-14,16-17H2,1-7H3,(H,42,44)(H,45,52)(H,46,48)(H,50,51)/t20-,21+,22-,23?,24-,28+,33-,40-/m1/s1. The summed E-state index contributed by atoms with van der Waals surface area (Å²) in [5.41, 5.74) is -1.03. The maximum absolute atomic E-state index is 14.7. The second-order valence-electron chi connectivity index (χ2n) is 17.1. The normalized spacial score (nSPS) is 27.1. The quantitative estimate of drug-likeness (QED) is 0.157. The zero-order valence-electron chi connectivity index (χ0n) is 32.8. The molecule has 56 heavy (non-hydrogen) atoms. The van der Waals surface area contributed by atoms with Gasteiger partial charge in [-0.2, -0.15) is 4.98 Å². The third-order valence-corrected chi connectivity index (χ3v) is 11.9. The van der Waals surface area contributed by atoms with Gasteiger partial charge in [0.25, 0.3) is 6.01 Å². The van der Waals surface area contributed by atoms with E-state index in [0.29, 0.717) is 64.5 Å². The molecule has 3 aliphatic carbocycles. The van der Waals surface area contributed by atoms with Crippen molar-refractivity contribution in [3.05, 3.63) is 29.5 Å². The number of hydrogen-bond donors (Lipinski definition) is 4. The molecule has 1 aromatic carbocycles. The molecule has 1 unspecified atom stereocenters. The molecule has 3 aromatic rings. The highest BCUT2D eigenvalue weighted by Gasteiger charge is 2.61. The van der Waals surface area contributed by atoms with Gasteiger partial charge in [-0.1, -0.05) is 45.7 Å². The summed E-state index contributed by atoms with van der Waals surface area (Å²) >= 11 is 6.79. The van der Waals surface area contributed by atoms with Crippen LogP contribution in [0.4, 0.5) is 10.8 Å². The average Bonchev–Trinajstić information content (AvgIpc) is 3.80. The molecule has 4 aliphatic rings. The number of rotatable bonds is 13. The Morgan fingerprint density at radius 3 is 2.41 bits per heavy atom. The molecule has 4 fully saturated rings. The van der Waals surface area contributed by atoms with Crippen molar-refractivity contribution in [1.82, 2.24) is 25.5 Å². The van der Waals surface area contributed by atoms with Crippen LogP contribution in [0.5, 0.6) is 11.5 Å². The zero-order chi connectivity index (χ0) is 40.3. The minimum Gasteiger partial charge on any atom is -0.495 e.